The van der Waals surface area contributed by atoms with Crippen molar-refractivity contribution >= 4 is 11.9 Å². The van der Waals surface area contributed by atoms with Gasteiger partial charge in [-0.2, -0.15) is 0 Å². The Hall–Kier alpha value is -1.91. The van der Waals surface area contributed by atoms with Crippen LogP contribution in [-0.2, 0) is 0 Å². The maximum atomic E-state index is 11.7. The molecule has 5 nitrogen and oxygen atoms in total. The van der Waals surface area contributed by atoms with E-state index in [0.717, 1.165) is 18.7 Å². The number of nitrogens with one attached hydrogen (secondary N) is 2. The van der Waals surface area contributed by atoms with Crippen LogP contribution in [0.1, 0.15) is 29.5 Å². The molecule has 0 saturated carbocycles. The largest absolute Gasteiger partial charge is 0.354 e. The van der Waals surface area contributed by atoms with Gasteiger partial charge < -0.3 is 10.6 Å². The van der Waals surface area contributed by atoms with E-state index in [1.165, 1.54) is 0 Å². The molecule has 5 heteroatoms. The van der Waals surface area contributed by atoms with Crippen molar-refractivity contribution in [2.24, 2.45) is 0 Å². The summed E-state index contributed by atoms with van der Waals surface area (Å²) >= 11 is 0. The molecule has 0 radical (unpaired) electrons. The van der Waals surface area contributed by atoms with Crippen molar-refractivity contribution in [3.8, 4) is 0 Å². The zero-order valence-corrected chi connectivity index (χ0v) is 10.3. The standard InChI is InChI=1S/C12H18N4O/c1-4-6-13-11(17)10-8-9(3)15-12(16-10)14-7-5-2/h4,8H,1,5-7H2,2-3H3,(H,13,17)(H,14,15,16). The summed E-state index contributed by atoms with van der Waals surface area (Å²) in [5, 5.41) is 5.75. The van der Waals surface area contributed by atoms with E-state index in [1.54, 1.807) is 12.1 Å². The van der Waals surface area contributed by atoms with Gasteiger partial charge in [0, 0.05) is 18.8 Å². The number of carbonyl (C=O) groups excluding carboxylic acids is 1. The van der Waals surface area contributed by atoms with E-state index in [9.17, 15) is 4.79 Å². The molecule has 1 rings (SSSR count). The molecule has 1 aromatic heterocycles. The first-order valence-electron chi connectivity index (χ1n) is 5.66. The monoisotopic (exact) mass is 234 g/mol. The van der Waals surface area contributed by atoms with Gasteiger partial charge in [0.25, 0.3) is 5.91 Å². The highest BCUT2D eigenvalue weighted by atomic mass is 16.1. The lowest BCUT2D eigenvalue weighted by Crippen LogP contribution is -2.25. The second-order valence-electron chi connectivity index (χ2n) is 3.64. The quantitative estimate of drug-likeness (QED) is 0.732. The number of aryl methyl sites for hydroxylation is 1. The third-order valence-electron chi connectivity index (χ3n) is 2.03. The summed E-state index contributed by atoms with van der Waals surface area (Å²) in [5.41, 5.74) is 1.14. The maximum Gasteiger partial charge on any atom is 0.270 e. The number of hydrogen-bond acceptors (Lipinski definition) is 4. The first-order chi connectivity index (χ1) is 8.17. The van der Waals surface area contributed by atoms with Crippen LogP contribution in [0.4, 0.5) is 5.95 Å². The highest BCUT2D eigenvalue weighted by molar-refractivity contribution is 5.92. The van der Waals surface area contributed by atoms with Crippen molar-refractivity contribution in [1.29, 1.82) is 0 Å². The molecule has 17 heavy (non-hydrogen) atoms. The van der Waals surface area contributed by atoms with Crippen molar-refractivity contribution < 1.29 is 4.79 Å². The summed E-state index contributed by atoms with van der Waals surface area (Å²) in [6.45, 7) is 8.65. The Kier molecular flexibility index (Phi) is 5.13. The van der Waals surface area contributed by atoms with Crippen molar-refractivity contribution in [2.45, 2.75) is 20.3 Å². The fraction of sp³-hybridized carbons (Fsp3) is 0.417. The Morgan fingerprint density at radius 3 is 2.94 bits per heavy atom. The van der Waals surface area contributed by atoms with Gasteiger partial charge >= 0.3 is 0 Å². The Labute approximate surface area is 101 Å². The molecule has 1 amide bonds. The van der Waals surface area contributed by atoms with E-state index in [0.29, 0.717) is 18.2 Å². The van der Waals surface area contributed by atoms with Gasteiger partial charge in [-0.25, -0.2) is 9.97 Å². The van der Waals surface area contributed by atoms with E-state index < -0.39 is 0 Å². The van der Waals surface area contributed by atoms with Crippen molar-refractivity contribution in [2.75, 3.05) is 18.4 Å². The predicted molar refractivity (Wildman–Crippen MR) is 68.1 cm³/mol. The molecule has 0 aliphatic rings. The third kappa shape index (κ3) is 4.22. The minimum atomic E-state index is -0.213. The van der Waals surface area contributed by atoms with Crippen LogP contribution >= 0.6 is 0 Å². The summed E-state index contributed by atoms with van der Waals surface area (Å²) in [7, 11) is 0. The lowest BCUT2D eigenvalue weighted by molar-refractivity contribution is 0.0953. The summed E-state index contributed by atoms with van der Waals surface area (Å²) in [4.78, 5) is 20.1. The molecule has 0 atom stereocenters. The number of hydrogen-bond donors (Lipinski definition) is 2. The van der Waals surface area contributed by atoms with Gasteiger partial charge in [0.1, 0.15) is 5.69 Å². The number of aromatic nitrogens is 2. The van der Waals surface area contributed by atoms with Crippen LogP contribution in [0, 0.1) is 6.92 Å². The van der Waals surface area contributed by atoms with Gasteiger partial charge in [-0.05, 0) is 19.4 Å². The first-order valence-corrected chi connectivity index (χ1v) is 5.66. The molecule has 0 saturated heterocycles. The number of carbonyl (C=O) groups is 1. The molecule has 1 heterocycles. The van der Waals surface area contributed by atoms with Crippen molar-refractivity contribution in [3.05, 3.63) is 30.1 Å². The molecule has 2 N–H and O–H groups in total. The van der Waals surface area contributed by atoms with E-state index in [-0.39, 0.29) is 5.91 Å². The molecule has 92 valence electrons. The fourth-order valence-electron chi connectivity index (χ4n) is 1.26. The Morgan fingerprint density at radius 2 is 2.29 bits per heavy atom. The van der Waals surface area contributed by atoms with Crippen LogP contribution in [0.5, 0.6) is 0 Å². The molecule has 1 aromatic rings. The second kappa shape index (κ2) is 6.62. The van der Waals surface area contributed by atoms with E-state index in [2.05, 4.69) is 34.1 Å². The van der Waals surface area contributed by atoms with E-state index in [4.69, 9.17) is 0 Å². The van der Waals surface area contributed by atoms with Gasteiger partial charge in [-0.1, -0.05) is 13.0 Å². The van der Waals surface area contributed by atoms with Crippen LogP contribution in [0.15, 0.2) is 18.7 Å². The summed E-state index contributed by atoms with van der Waals surface area (Å²) in [6, 6.07) is 1.66. The molecular formula is C12H18N4O. The maximum absolute atomic E-state index is 11.7. The Bertz CT molecular complexity index is 403. The third-order valence-corrected chi connectivity index (χ3v) is 2.03. The molecule has 0 aliphatic carbocycles. The van der Waals surface area contributed by atoms with E-state index >= 15 is 0 Å². The van der Waals surface area contributed by atoms with Crippen LogP contribution in [0.3, 0.4) is 0 Å². The predicted octanol–water partition coefficient (Wildman–Crippen LogP) is 1.52. The molecule has 0 bridgehead atoms. The molecule has 0 fully saturated rings. The van der Waals surface area contributed by atoms with E-state index in [1.807, 2.05) is 6.92 Å². The van der Waals surface area contributed by atoms with Crippen LogP contribution in [-0.4, -0.2) is 29.0 Å². The smallest absolute Gasteiger partial charge is 0.270 e. The second-order valence-corrected chi connectivity index (χ2v) is 3.64. The molecule has 0 unspecified atom stereocenters. The average molecular weight is 234 g/mol. The highest BCUT2D eigenvalue weighted by Crippen LogP contribution is 2.04. The molecule has 0 aromatic carbocycles. The molecule has 0 spiro atoms. The SMILES string of the molecule is C=CCNC(=O)c1cc(C)nc(NCCC)n1. The fourth-order valence-corrected chi connectivity index (χ4v) is 1.26. The van der Waals surface area contributed by atoms with Crippen molar-refractivity contribution in [1.82, 2.24) is 15.3 Å². The van der Waals surface area contributed by atoms with Gasteiger partial charge in [-0.15, -0.1) is 6.58 Å². The number of anilines is 1. The average Bonchev–Trinajstić information content (AvgIpc) is 2.32. The lowest BCUT2D eigenvalue weighted by Gasteiger charge is -2.07. The number of nitrogens with zero attached hydrogens (tertiary/aromatic N) is 2. The van der Waals surface area contributed by atoms with Crippen molar-refractivity contribution in [3.63, 3.8) is 0 Å². The lowest BCUT2D eigenvalue weighted by atomic mass is 10.3. The number of rotatable bonds is 6. The first kappa shape index (κ1) is 13.2. The Morgan fingerprint density at radius 1 is 1.53 bits per heavy atom. The zero-order valence-electron chi connectivity index (χ0n) is 10.3. The Balaban J connectivity index is 2.80. The van der Waals surface area contributed by atoms with Gasteiger partial charge in [0.05, 0.1) is 0 Å². The highest BCUT2D eigenvalue weighted by Gasteiger charge is 2.09. The topological polar surface area (TPSA) is 66.9 Å². The molecule has 0 aliphatic heterocycles. The van der Waals surface area contributed by atoms with Crippen LogP contribution < -0.4 is 10.6 Å². The summed E-state index contributed by atoms with van der Waals surface area (Å²) in [5.74, 6) is 0.283. The van der Waals surface area contributed by atoms with Crippen LogP contribution in [0.2, 0.25) is 0 Å². The minimum Gasteiger partial charge on any atom is -0.354 e. The summed E-state index contributed by atoms with van der Waals surface area (Å²) in [6.07, 6.45) is 2.61. The zero-order chi connectivity index (χ0) is 12.7. The normalized spacial score (nSPS) is 9.76. The van der Waals surface area contributed by atoms with Gasteiger partial charge in [-0.3, -0.25) is 4.79 Å². The summed E-state index contributed by atoms with van der Waals surface area (Å²) < 4.78 is 0. The molecular weight excluding hydrogens is 216 g/mol. The minimum absolute atomic E-state index is 0.213. The van der Waals surface area contributed by atoms with Crippen LogP contribution in [0.25, 0.3) is 0 Å². The van der Waals surface area contributed by atoms with Gasteiger partial charge in [0.15, 0.2) is 0 Å². The van der Waals surface area contributed by atoms with Gasteiger partial charge in [0.2, 0.25) is 5.95 Å². The number of amides is 1.